The fraction of sp³-hybridized carbons (Fsp3) is 0.222. The summed E-state index contributed by atoms with van der Waals surface area (Å²) in [5.74, 6) is -3.33. The second-order valence-corrected chi connectivity index (χ2v) is 8.69. The first-order valence-corrected chi connectivity index (χ1v) is 11.6. The van der Waals surface area contributed by atoms with Crippen molar-refractivity contribution in [3.05, 3.63) is 101 Å². The van der Waals surface area contributed by atoms with Gasteiger partial charge in [-0.1, -0.05) is 29.8 Å². The van der Waals surface area contributed by atoms with Crippen LogP contribution in [0.5, 0.6) is 0 Å². The molecule has 1 aromatic heterocycles. The van der Waals surface area contributed by atoms with Crippen LogP contribution in [0.3, 0.4) is 0 Å². The monoisotopic (exact) mass is 504 g/mol. The normalized spacial score (nSPS) is 15.8. The molecule has 10 heteroatoms. The van der Waals surface area contributed by atoms with Gasteiger partial charge in [0, 0.05) is 36.6 Å². The number of hydrogen-bond acceptors (Lipinski definition) is 5. The standard InChI is InChI=1S/C27H25FN4O5/c1-17-3-2-4-20(15-17)27(37)32-14-13-31(26(36)19-9-11-29-12-10-19)25(32)24(35)30-22(16-23(33)34)18-5-7-21(28)8-6-18/h2-12,15,22,25H,13-14,16H2,1H3,(H,30,35)(H,33,34). The predicted octanol–water partition coefficient (Wildman–Crippen LogP) is 2.79. The molecule has 2 atom stereocenters. The minimum Gasteiger partial charge on any atom is -0.481 e. The molecule has 0 bridgehead atoms. The Kier molecular flexibility index (Phi) is 7.57. The van der Waals surface area contributed by atoms with Gasteiger partial charge in [0.25, 0.3) is 17.7 Å². The predicted molar refractivity (Wildman–Crippen MR) is 131 cm³/mol. The molecule has 9 nitrogen and oxygen atoms in total. The van der Waals surface area contributed by atoms with Crippen LogP contribution in [0.15, 0.2) is 73.1 Å². The van der Waals surface area contributed by atoms with E-state index in [1.165, 1.54) is 58.6 Å². The van der Waals surface area contributed by atoms with Gasteiger partial charge in [-0.2, -0.15) is 0 Å². The molecule has 1 aliphatic heterocycles. The summed E-state index contributed by atoms with van der Waals surface area (Å²) >= 11 is 0. The highest BCUT2D eigenvalue weighted by molar-refractivity contribution is 6.02. The number of halogens is 1. The van der Waals surface area contributed by atoms with Crippen molar-refractivity contribution in [2.24, 2.45) is 0 Å². The smallest absolute Gasteiger partial charge is 0.305 e. The molecule has 2 N–H and O–H groups in total. The lowest BCUT2D eigenvalue weighted by Gasteiger charge is -2.31. The number of carbonyl (C=O) groups excluding carboxylic acids is 3. The molecule has 0 spiro atoms. The van der Waals surface area contributed by atoms with Crippen molar-refractivity contribution in [1.82, 2.24) is 20.1 Å². The molecular weight excluding hydrogens is 479 g/mol. The number of hydrogen-bond donors (Lipinski definition) is 2. The van der Waals surface area contributed by atoms with Gasteiger partial charge >= 0.3 is 5.97 Å². The van der Waals surface area contributed by atoms with E-state index in [-0.39, 0.29) is 13.1 Å². The van der Waals surface area contributed by atoms with Crippen molar-refractivity contribution in [2.45, 2.75) is 25.6 Å². The van der Waals surface area contributed by atoms with E-state index in [0.717, 1.165) is 5.56 Å². The third-order valence-corrected chi connectivity index (χ3v) is 6.09. The first-order valence-electron chi connectivity index (χ1n) is 11.6. The summed E-state index contributed by atoms with van der Waals surface area (Å²) in [6, 6.07) is 14.0. The zero-order valence-electron chi connectivity index (χ0n) is 20.0. The van der Waals surface area contributed by atoms with Crippen molar-refractivity contribution in [3.63, 3.8) is 0 Å². The zero-order chi connectivity index (χ0) is 26.5. The maximum atomic E-state index is 13.7. The highest BCUT2D eigenvalue weighted by Crippen LogP contribution is 2.24. The molecule has 190 valence electrons. The average Bonchev–Trinajstić information content (AvgIpc) is 3.33. The van der Waals surface area contributed by atoms with Gasteiger partial charge in [0.2, 0.25) is 0 Å². The second kappa shape index (κ2) is 11.0. The van der Waals surface area contributed by atoms with Crippen molar-refractivity contribution in [3.8, 4) is 0 Å². The molecule has 1 saturated heterocycles. The van der Waals surface area contributed by atoms with Crippen LogP contribution < -0.4 is 5.32 Å². The van der Waals surface area contributed by atoms with Crippen molar-refractivity contribution in [2.75, 3.05) is 13.1 Å². The third kappa shape index (κ3) is 5.80. The van der Waals surface area contributed by atoms with E-state index in [1.807, 2.05) is 13.0 Å². The number of amides is 3. The van der Waals surface area contributed by atoms with E-state index in [0.29, 0.717) is 16.7 Å². The topological polar surface area (TPSA) is 120 Å². The van der Waals surface area contributed by atoms with Gasteiger partial charge < -0.3 is 20.2 Å². The maximum Gasteiger partial charge on any atom is 0.305 e. The summed E-state index contributed by atoms with van der Waals surface area (Å²) in [6.07, 6.45) is 1.09. The van der Waals surface area contributed by atoms with Crippen molar-refractivity contribution < 1.29 is 28.7 Å². The van der Waals surface area contributed by atoms with E-state index in [9.17, 15) is 28.7 Å². The number of carboxylic acid groups (broad SMARTS) is 1. The molecule has 0 radical (unpaired) electrons. The number of nitrogens with zero attached hydrogens (tertiary/aromatic N) is 3. The first-order chi connectivity index (χ1) is 17.7. The molecule has 1 fully saturated rings. The second-order valence-electron chi connectivity index (χ2n) is 8.69. The van der Waals surface area contributed by atoms with Crippen LogP contribution >= 0.6 is 0 Å². The quantitative estimate of drug-likeness (QED) is 0.511. The lowest BCUT2D eigenvalue weighted by Crippen LogP contribution is -2.54. The molecule has 1 aliphatic rings. The molecule has 4 rings (SSSR count). The summed E-state index contributed by atoms with van der Waals surface area (Å²) in [5, 5.41) is 12.1. The molecule has 0 aliphatic carbocycles. The minimum absolute atomic E-state index is 0.0942. The Morgan fingerprint density at radius 2 is 1.59 bits per heavy atom. The fourth-order valence-electron chi connectivity index (χ4n) is 4.31. The summed E-state index contributed by atoms with van der Waals surface area (Å²) in [5.41, 5.74) is 1.88. The van der Waals surface area contributed by atoms with Crippen LogP contribution in [0.4, 0.5) is 4.39 Å². The van der Waals surface area contributed by atoms with Crippen LogP contribution in [0.1, 0.15) is 44.3 Å². The molecule has 37 heavy (non-hydrogen) atoms. The van der Waals surface area contributed by atoms with Crippen LogP contribution in [0.25, 0.3) is 0 Å². The van der Waals surface area contributed by atoms with Gasteiger partial charge in [-0.05, 0) is 48.9 Å². The Morgan fingerprint density at radius 1 is 0.973 bits per heavy atom. The number of carboxylic acids is 1. The summed E-state index contributed by atoms with van der Waals surface area (Å²) in [7, 11) is 0. The van der Waals surface area contributed by atoms with Crippen LogP contribution in [-0.4, -0.2) is 62.8 Å². The highest BCUT2D eigenvalue weighted by Gasteiger charge is 2.43. The minimum atomic E-state index is -1.33. The number of carbonyl (C=O) groups is 4. The molecule has 2 heterocycles. The third-order valence-electron chi connectivity index (χ3n) is 6.09. The summed E-state index contributed by atoms with van der Waals surface area (Å²) in [4.78, 5) is 58.5. The summed E-state index contributed by atoms with van der Waals surface area (Å²) in [6.45, 7) is 2.03. The molecule has 2 unspecified atom stereocenters. The van der Waals surface area contributed by atoms with E-state index < -0.39 is 48.1 Å². The van der Waals surface area contributed by atoms with E-state index in [4.69, 9.17) is 0 Å². The van der Waals surface area contributed by atoms with Gasteiger partial charge in [-0.3, -0.25) is 24.2 Å². The summed E-state index contributed by atoms with van der Waals surface area (Å²) < 4.78 is 13.5. The Hall–Kier alpha value is -4.60. The van der Waals surface area contributed by atoms with Crippen molar-refractivity contribution >= 4 is 23.7 Å². The van der Waals surface area contributed by atoms with E-state index in [1.54, 1.807) is 18.2 Å². The number of aromatic nitrogens is 1. The fourth-order valence-corrected chi connectivity index (χ4v) is 4.31. The Bertz CT molecular complexity index is 1320. The molecular formula is C27H25FN4O5. The first kappa shape index (κ1) is 25.5. The number of rotatable bonds is 7. The zero-order valence-corrected chi connectivity index (χ0v) is 20.0. The van der Waals surface area contributed by atoms with E-state index in [2.05, 4.69) is 10.3 Å². The van der Waals surface area contributed by atoms with Crippen LogP contribution in [0.2, 0.25) is 0 Å². The Morgan fingerprint density at radius 3 is 2.19 bits per heavy atom. The van der Waals surface area contributed by atoms with Gasteiger partial charge in [-0.25, -0.2) is 4.39 Å². The average molecular weight is 505 g/mol. The number of benzene rings is 2. The van der Waals surface area contributed by atoms with Gasteiger partial charge in [0.05, 0.1) is 12.5 Å². The highest BCUT2D eigenvalue weighted by atomic mass is 19.1. The molecule has 2 aromatic carbocycles. The molecule has 3 amide bonds. The SMILES string of the molecule is Cc1cccc(C(=O)N2CCN(C(=O)c3ccncc3)C2C(=O)NC(CC(=O)O)c2ccc(F)cc2)c1. The van der Waals surface area contributed by atoms with Gasteiger partial charge in [0.1, 0.15) is 5.82 Å². The largest absolute Gasteiger partial charge is 0.481 e. The maximum absolute atomic E-state index is 13.7. The number of aliphatic carboxylic acids is 1. The Labute approximate surface area is 212 Å². The number of pyridine rings is 1. The molecule has 0 saturated carbocycles. The van der Waals surface area contributed by atoms with Gasteiger partial charge in [0.15, 0.2) is 6.17 Å². The van der Waals surface area contributed by atoms with Crippen LogP contribution in [-0.2, 0) is 9.59 Å². The van der Waals surface area contributed by atoms with Crippen LogP contribution in [0, 0.1) is 12.7 Å². The van der Waals surface area contributed by atoms with Gasteiger partial charge in [-0.15, -0.1) is 0 Å². The Balaban J connectivity index is 1.68. The van der Waals surface area contributed by atoms with Crippen molar-refractivity contribution in [1.29, 1.82) is 0 Å². The lowest BCUT2D eigenvalue weighted by atomic mass is 10.0. The van der Waals surface area contributed by atoms with E-state index >= 15 is 0 Å². The molecule has 3 aromatic rings. The number of nitrogens with one attached hydrogen (secondary N) is 1. The lowest BCUT2D eigenvalue weighted by molar-refractivity contribution is -0.138. The number of aryl methyl sites for hydroxylation is 1.